The zero-order valence-electron chi connectivity index (χ0n) is 19.0. The van der Waals surface area contributed by atoms with Crippen LogP contribution in [0.5, 0.6) is 0 Å². The van der Waals surface area contributed by atoms with Gasteiger partial charge in [0.1, 0.15) is 17.4 Å². The summed E-state index contributed by atoms with van der Waals surface area (Å²) < 4.78 is 15.9. The van der Waals surface area contributed by atoms with E-state index in [0.29, 0.717) is 36.6 Å². The fourth-order valence-corrected chi connectivity index (χ4v) is 3.54. The average molecular weight is 457 g/mol. The quantitative estimate of drug-likeness (QED) is 0.441. The Kier molecular flexibility index (Phi) is 7.56. The molecular formula is C23H30FN6OP. The number of halogens is 1. The highest BCUT2D eigenvalue weighted by molar-refractivity contribution is 7.18. The molecule has 1 aliphatic heterocycles. The molecule has 2 heterocycles. The van der Waals surface area contributed by atoms with Gasteiger partial charge in [0.05, 0.1) is 6.54 Å². The number of aryl methyl sites for hydroxylation is 1. The van der Waals surface area contributed by atoms with Crippen LogP contribution < -0.4 is 10.5 Å². The Labute approximate surface area is 190 Å². The van der Waals surface area contributed by atoms with Gasteiger partial charge in [0.25, 0.3) is 5.56 Å². The monoisotopic (exact) mass is 456 g/mol. The molecule has 32 heavy (non-hydrogen) atoms. The van der Waals surface area contributed by atoms with Gasteiger partial charge in [-0.25, -0.2) is 14.4 Å². The Morgan fingerprint density at radius 2 is 2.16 bits per heavy atom. The summed E-state index contributed by atoms with van der Waals surface area (Å²) in [5, 5.41) is 4.73. The Balaban J connectivity index is 1.80. The van der Waals surface area contributed by atoms with Crippen LogP contribution in [-0.4, -0.2) is 41.1 Å². The maximum absolute atomic E-state index is 14.2. The van der Waals surface area contributed by atoms with Gasteiger partial charge in [0.15, 0.2) is 5.82 Å². The van der Waals surface area contributed by atoms with Crippen molar-refractivity contribution in [1.29, 1.82) is 0 Å². The Morgan fingerprint density at radius 1 is 1.38 bits per heavy atom. The summed E-state index contributed by atoms with van der Waals surface area (Å²) in [5.74, 6) is 0.387. The second-order valence-corrected chi connectivity index (χ2v) is 9.23. The number of benzene rings is 1. The fraction of sp³-hybridized carbons (Fsp3) is 0.391. The van der Waals surface area contributed by atoms with Gasteiger partial charge in [-0.3, -0.25) is 14.4 Å². The Hall–Kier alpha value is -2.86. The Bertz CT molecular complexity index is 1100. The number of hydrogen-bond acceptors (Lipinski definition) is 6. The van der Waals surface area contributed by atoms with Gasteiger partial charge in [-0.1, -0.05) is 40.4 Å². The molecular weight excluding hydrogens is 426 g/mol. The van der Waals surface area contributed by atoms with E-state index in [4.69, 9.17) is 0 Å². The molecule has 0 spiro atoms. The first kappa shape index (κ1) is 23.8. The van der Waals surface area contributed by atoms with Crippen molar-refractivity contribution in [2.45, 2.75) is 45.2 Å². The molecule has 0 amide bonds. The molecule has 0 fully saturated rings. The van der Waals surface area contributed by atoms with Crippen molar-refractivity contribution in [2.24, 2.45) is 10.1 Å². The number of hydrazone groups is 1. The topological polar surface area (TPSA) is 66.1 Å². The largest absolute Gasteiger partial charge is 0.370 e. The van der Waals surface area contributed by atoms with Gasteiger partial charge >= 0.3 is 0 Å². The second kappa shape index (κ2) is 10.2. The highest BCUT2D eigenvalue weighted by Gasteiger charge is 2.19. The zero-order chi connectivity index (χ0) is 23.3. The third-order valence-corrected chi connectivity index (χ3v) is 5.30. The van der Waals surface area contributed by atoms with Crippen LogP contribution in [-0.2, 0) is 18.5 Å². The smallest absolute Gasteiger partial charge is 0.279 e. The summed E-state index contributed by atoms with van der Waals surface area (Å²) in [7, 11) is 5.85. The number of anilines is 1. The summed E-state index contributed by atoms with van der Waals surface area (Å²) in [5.41, 5.74) is 2.85. The van der Waals surface area contributed by atoms with Crippen LogP contribution in [0.4, 0.5) is 15.9 Å². The molecule has 2 unspecified atom stereocenters. The summed E-state index contributed by atoms with van der Waals surface area (Å²) in [4.78, 5) is 23.4. The summed E-state index contributed by atoms with van der Waals surface area (Å²) in [6.45, 7) is 4.66. The first-order valence-corrected chi connectivity index (χ1v) is 11.1. The van der Waals surface area contributed by atoms with E-state index in [1.807, 2.05) is 45.4 Å². The van der Waals surface area contributed by atoms with Crippen molar-refractivity contribution in [3.05, 3.63) is 63.8 Å². The standard InChI is InChI=1S/C23H30FN6OP/c1-5-11-29-16-26-21(20(22(29)31)28(3)4)25-13-18-9-10-27-30(15-18)14-17-7-6-8-19(12-17)23(2,24)32/h6-8,10,12-13,15-16H,5,9,11,14,32H2,1-4H3/b25-13+. The molecule has 9 heteroatoms. The summed E-state index contributed by atoms with van der Waals surface area (Å²) >= 11 is 0. The molecule has 3 rings (SSSR count). The molecule has 0 N–H and O–H groups in total. The fourth-order valence-electron chi connectivity index (χ4n) is 3.36. The van der Waals surface area contributed by atoms with E-state index in [2.05, 4.69) is 24.3 Å². The van der Waals surface area contributed by atoms with Gasteiger partial charge in [-0.05, 0) is 30.0 Å². The van der Waals surface area contributed by atoms with E-state index in [1.165, 1.54) is 6.92 Å². The van der Waals surface area contributed by atoms with Crippen molar-refractivity contribution in [2.75, 3.05) is 19.0 Å². The third kappa shape index (κ3) is 5.88. The molecule has 0 saturated carbocycles. The lowest BCUT2D eigenvalue weighted by Crippen LogP contribution is -2.27. The number of rotatable bonds is 8. The lowest BCUT2D eigenvalue weighted by molar-refractivity contribution is 0.323. The first-order valence-electron chi connectivity index (χ1n) is 10.6. The van der Waals surface area contributed by atoms with Gasteiger partial charge < -0.3 is 4.90 Å². The predicted octanol–water partition coefficient (Wildman–Crippen LogP) is 4.21. The van der Waals surface area contributed by atoms with E-state index in [1.54, 1.807) is 39.3 Å². The molecule has 0 radical (unpaired) electrons. The van der Waals surface area contributed by atoms with E-state index in [0.717, 1.165) is 17.6 Å². The molecule has 1 aromatic heterocycles. The highest BCUT2D eigenvalue weighted by Crippen LogP contribution is 2.33. The number of nitrogens with zero attached hydrogens (tertiary/aromatic N) is 6. The van der Waals surface area contributed by atoms with Gasteiger partial charge in [-0.2, -0.15) is 5.10 Å². The van der Waals surface area contributed by atoms with Gasteiger partial charge in [0, 0.05) is 45.7 Å². The number of hydrogen-bond donors (Lipinski definition) is 0. The van der Waals surface area contributed by atoms with Crippen molar-refractivity contribution in [3.8, 4) is 0 Å². The summed E-state index contributed by atoms with van der Waals surface area (Å²) in [6, 6.07) is 7.41. The first-order chi connectivity index (χ1) is 15.2. The maximum atomic E-state index is 14.2. The number of aromatic nitrogens is 2. The van der Waals surface area contributed by atoms with Crippen molar-refractivity contribution in [3.63, 3.8) is 0 Å². The van der Waals surface area contributed by atoms with Crippen LogP contribution in [0, 0.1) is 0 Å². The Morgan fingerprint density at radius 3 is 2.84 bits per heavy atom. The number of alkyl halides is 1. The maximum Gasteiger partial charge on any atom is 0.279 e. The van der Waals surface area contributed by atoms with Crippen LogP contribution in [0.15, 0.2) is 57.3 Å². The van der Waals surface area contributed by atoms with Gasteiger partial charge in [0.2, 0.25) is 0 Å². The van der Waals surface area contributed by atoms with E-state index in [9.17, 15) is 9.18 Å². The molecule has 1 aliphatic rings. The normalized spacial score (nSPS) is 15.7. The SMILES string of the molecule is CCCn1cnc(/N=C/C2=CN(Cc3cccc(C(C)(F)P)c3)N=CC2)c(N(C)C)c1=O. The average Bonchev–Trinajstić information content (AvgIpc) is 2.73. The molecule has 170 valence electrons. The summed E-state index contributed by atoms with van der Waals surface area (Å²) in [6.07, 6.45) is 8.45. The molecule has 2 atom stereocenters. The van der Waals surface area contributed by atoms with Crippen molar-refractivity contribution >= 4 is 33.2 Å². The van der Waals surface area contributed by atoms with Crippen molar-refractivity contribution in [1.82, 2.24) is 14.6 Å². The van der Waals surface area contributed by atoms with Crippen LogP contribution in [0.2, 0.25) is 0 Å². The second-order valence-electron chi connectivity index (χ2n) is 8.15. The minimum atomic E-state index is -1.47. The third-order valence-electron chi connectivity index (χ3n) is 4.97. The van der Waals surface area contributed by atoms with Gasteiger partial charge in [-0.15, -0.1) is 0 Å². The molecule has 1 aromatic carbocycles. The highest BCUT2D eigenvalue weighted by atomic mass is 31.0. The predicted molar refractivity (Wildman–Crippen MR) is 133 cm³/mol. The van der Waals surface area contributed by atoms with E-state index >= 15 is 0 Å². The van der Waals surface area contributed by atoms with Crippen LogP contribution in [0.1, 0.15) is 37.8 Å². The minimum Gasteiger partial charge on any atom is -0.370 e. The van der Waals surface area contributed by atoms with Crippen LogP contribution in [0.3, 0.4) is 0 Å². The zero-order valence-corrected chi connectivity index (χ0v) is 20.1. The molecule has 0 bridgehead atoms. The lowest BCUT2D eigenvalue weighted by atomic mass is 10.1. The van der Waals surface area contributed by atoms with Crippen molar-refractivity contribution < 1.29 is 4.39 Å². The minimum absolute atomic E-state index is 0.103. The van der Waals surface area contributed by atoms with Crippen LogP contribution in [0.25, 0.3) is 0 Å². The lowest BCUT2D eigenvalue weighted by Gasteiger charge is -2.21. The van der Waals surface area contributed by atoms with Crippen LogP contribution >= 0.6 is 9.24 Å². The number of aliphatic imine (C=N–C) groups is 1. The molecule has 2 aromatic rings. The molecule has 0 aliphatic carbocycles. The number of allylic oxidation sites excluding steroid dienone is 1. The molecule has 7 nitrogen and oxygen atoms in total. The molecule has 0 saturated heterocycles. The van der Waals surface area contributed by atoms with E-state index < -0.39 is 5.41 Å². The van der Waals surface area contributed by atoms with E-state index in [-0.39, 0.29) is 5.56 Å².